The number of thiophene rings is 1. The van der Waals surface area contributed by atoms with Crippen molar-refractivity contribution in [3.63, 3.8) is 0 Å². The summed E-state index contributed by atoms with van der Waals surface area (Å²) in [6.45, 7) is 1.57. The Morgan fingerprint density at radius 2 is 2.15 bits per heavy atom. The van der Waals surface area contributed by atoms with Crippen molar-refractivity contribution in [1.29, 1.82) is 0 Å². The highest BCUT2D eigenvalue weighted by Crippen LogP contribution is 2.28. The summed E-state index contributed by atoms with van der Waals surface area (Å²) in [5.74, 6) is -0.355. The van der Waals surface area contributed by atoms with Gasteiger partial charge in [0, 0.05) is 23.6 Å². The van der Waals surface area contributed by atoms with Gasteiger partial charge >= 0.3 is 0 Å². The number of primary amides is 1. The normalized spacial score (nSPS) is 18.2. The van der Waals surface area contributed by atoms with Gasteiger partial charge in [-0.1, -0.05) is 0 Å². The van der Waals surface area contributed by atoms with E-state index in [-0.39, 0.29) is 18.5 Å². The van der Waals surface area contributed by atoms with Crippen LogP contribution in [0.4, 0.5) is 0 Å². The van der Waals surface area contributed by atoms with Gasteiger partial charge in [-0.15, -0.1) is 11.3 Å². The monoisotopic (exact) mass is 381 g/mol. The molecule has 1 aliphatic heterocycles. The van der Waals surface area contributed by atoms with Crippen LogP contribution in [0, 0.1) is 0 Å². The summed E-state index contributed by atoms with van der Waals surface area (Å²) in [5, 5.41) is 1.73. The van der Waals surface area contributed by atoms with E-state index in [1.807, 2.05) is 4.90 Å². The minimum absolute atomic E-state index is 0.0990. The average Bonchev–Trinajstić information content (AvgIpc) is 2.78. The van der Waals surface area contributed by atoms with Crippen LogP contribution < -0.4 is 10.5 Å². The first-order valence-electron chi connectivity index (χ1n) is 6.14. The number of nitrogens with zero attached hydrogens (tertiary/aromatic N) is 1. The number of nitrogens with one attached hydrogen (secondary N) is 1. The van der Waals surface area contributed by atoms with Crippen molar-refractivity contribution in [2.24, 2.45) is 5.73 Å². The van der Waals surface area contributed by atoms with E-state index in [2.05, 4.69) is 20.7 Å². The van der Waals surface area contributed by atoms with Crippen molar-refractivity contribution in [2.45, 2.75) is 23.1 Å². The lowest BCUT2D eigenvalue weighted by Crippen LogP contribution is -2.46. The molecule has 0 atom stereocenters. The second kappa shape index (κ2) is 6.52. The number of carbonyl (C=O) groups excluding carboxylic acids is 1. The molecule has 0 aliphatic carbocycles. The molecule has 1 aromatic heterocycles. The standard InChI is InChI=1S/C11H16BrN3O3S2/c12-9-3-6-19-11(9)20(17,18)14-8-1-4-15(5-2-8)7-10(13)16/h3,6,8,14H,1-2,4-5,7H2,(H2,13,16). The summed E-state index contributed by atoms with van der Waals surface area (Å²) in [4.78, 5) is 12.8. The SMILES string of the molecule is NC(=O)CN1CCC(NS(=O)(=O)c2sccc2Br)CC1. The largest absolute Gasteiger partial charge is 0.369 e. The predicted octanol–water partition coefficient (Wildman–Crippen LogP) is 0.739. The van der Waals surface area contributed by atoms with E-state index >= 15 is 0 Å². The number of hydrogen-bond acceptors (Lipinski definition) is 5. The summed E-state index contributed by atoms with van der Waals surface area (Å²) in [6.07, 6.45) is 1.35. The number of piperidine rings is 1. The van der Waals surface area contributed by atoms with Gasteiger partial charge in [0.05, 0.1) is 6.54 Å². The number of rotatable bonds is 5. The van der Waals surface area contributed by atoms with Crippen molar-refractivity contribution in [1.82, 2.24) is 9.62 Å². The van der Waals surface area contributed by atoms with Crippen LogP contribution in [0.25, 0.3) is 0 Å². The van der Waals surface area contributed by atoms with Gasteiger partial charge in [0.2, 0.25) is 5.91 Å². The Balaban J connectivity index is 1.93. The van der Waals surface area contributed by atoms with Gasteiger partial charge in [-0.05, 0) is 40.2 Å². The van der Waals surface area contributed by atoms with E-state index in [1.165, 1.54) is 11.3 Å². The maximum atomic E-state index is 12.2. The lowest BCUT2D eigenvalue weighted by Gasteiger charge is -2.31. The fourth-order valence-corrected chi connectivity index (χ4v) is 5.83. The summed E-state index contributed by atoms with van der Waals surface area (Å²) in [5.41, 5.74) is 5.14. The van der Waals surface area contributed by atoms with E-state index in [1.54, 1.807) is 11.4 Å². The van der Waals surface area contributed by atoms with Crippen molar-refractivity contribution in [2.75, 3.05) is 19.6 Å². The van der Waals surface area contributed by atoms with Gasteiger partial charge < -0.3 is 5.73 Å². The molecule has 20 heavy (non-hydrogen) atoms. The van der Waals surface area contributed by atoms with Gasteiger partial charge in [0.25, 0.3) is 10.0 Å². The second-order valence-corrected chi connectivity index (χ2v) is 8.37. The van der Waals surface area contributed by atoms with Gasteiger partial charge in [-0.2, -0.15) is 0 Å². The molecule has 0 unspecified atom stereocenters. The molecule has 0 aromatic carbocycles. The van der Waals surface area contributed by atoms with Crippen LogP contribution >= 0.6 is 27.3 Å². The Kier molecular flexibility index (Phi) is 5.19. The van der Waals surface area contributed by atoms with Crippen LogP contribution in [-0.2, 0) is 14.8 Å². The third-order valence-corrected chi connectivity index (χ3v) is 7.31. The van der Waals surface area contributed by atoms with E-state index < -0.39 is 10.0 Å². The molecule has 2 rings (SSSR count). The van der Waals surface area contributed by atoms with Crippen molar-refractivity contribution >= 4 is 43.2 Å². The molecule has 1 aromatic rings. The first-order valence-corrected chi connectivity index (χ1v) is 9.30. The number of halogens is 1. The fraction of sp³-hybridized carbons (Fsp3) is 0.545. The molecule has 0 bridgehead atoms. The third kappa shape index (κ3) is 4.01. The van der Waals surface area contributed by atoms with Crippen molar-refractivity contribution in [3.8, 4) is 0 Å². The minimum Gasteiger partial charge on any atom is -0.369 e. The first-order chi connectivity index (χ1) is 9.38. The quantitative estimate of drug-likeness (QED) is 0.786. The van der Waals surface area contributed by atoms with Crippen LogP contribution in [0.5, 0.6) is 0 Å². The predicted molar refractivity (Wildman–Crippen MR) is 81.0 cm³/mol. The molecule has 0 saturated carbocycles. The van der Waals surface area contributed by atoms with E-state index in [0.29, 0.717) is 34.6 Å². The Bertz CT molecular complexity index is 579. The number of nitrogens with two attached hydrogens (primary N) is 1. The molecular weight excluding hydrogens is 366 g/mol. The first kappa shape index (κ1) is 15.9. The lowest BCUT2D eigenvalue weighted by molar-refractivity contribution is -0.119. The Hall–Kier alpha value is -0.480. The number of sulfonamides is 1. The molecule has 2 heterocycles. The minimum atomic E-state index is -3.48. The Morgan fingerprint density at radius 3 is 2.65 bits per heavy atom. The maximum Gasteiger partial charge on any atom is 0.251 e. The molecule has 0 spiro atoms. The number of likely N-dealkylation sites (tertiary alicyclic amines) is 1. The zero-order valence-electron chi connectivity index (χ0n) is 10.7. The summed E-state index contributed by atoms with van der Waals surface area (Å²) >= 11 is 4.42. The summed E-state index contributed by atoms with van der Waals surface area (Å²) < 4.78 is 28.1. The number of carbonyl (C=O) groups is 1. The zero-order chi connectivity index (χ0) is 14.8. The molecule has 1 saturated heterocycles. The molecule has 0 radical (unpaired) electrons. The second-order valence-electron chi connectivity index (χ2n) is 4.69. The van der Waals surface area contributed by atoms with Crippen LogP contribution in [0.15, 0.2) is 20.1 Å². The third-order valence-electron chi connectivity index (χ3n) is 3.12. The Labute approximate surface area is 130 Å². The molecule has 6 nitrogen and oxygen atoms in total. The smallest absolute Gasteiger partial charge is 0.251 e. The van der Waals surface area contributed by atoms with E-state index in [9.17, 15) is 13.2 Å². The van der Waals surface area contributed by atoms with Crippen molar-refractivity contribution in [3.05, 3.63) is 15.9 Å². The van der Waals surface area contributed by atoms with E-state index in [4.69, 9.17) is 5.73 Å². The summed E-state index contributed by atoms with van der Waals surface area (Å²) in [7, 11) is -3.48. The summed E-state index contributed by atoms with van der Waals surface area (Å²) in [6, 6.07) is 1.62. The van der Waals surface area contributed by atoms with Crippen LogP contribution in [0.1, 0.15) is 12.8 Å². The topological polar surface area (TPSA) is 92.5 Å². The average molecular weight is 382 g/mol. The molecular formula is C11H16BrN3O3S2. The number of hydrogen-bond donors (Lipinski definition) is 2. The van der Waals surface area contributed by atoms with Crippen molar-refractivity contribution < 1.29 is 13.2 Å². The molecule has 9 heteroatoms. The Morgan fingerprint density at radius 1 is 1.50 bits per heavy atom. The van der Waals surface area contributed by atoms with E-state index in [0.717, 1.165) is 0 Å². The highest BCUT2D eigenvalue weighted by molar-refractivity contribution is 9.10. The molecule has 1 fully saturated rings. The van der Waals surface area contributed by atoms with Gasteiger partial charge in [0.1, 0.15) is 4.21 Å². The van der Waals surface area contributed by atoms with Crippen LogP contribution in [0.2, 0.25) is 0 Å². The number of amides is 1. The molecule has 1 amide bonds. The zero-order valence-corrected chi connectivity index (χ0v) is 13.9. The maximum absolute atomic E-state index is 12.2. The van der Waals surface area contributed by atoms with Gasteiger partial charge in [-0.25, -0.2) is 13.1 Å². The highest BCUT2D eigenvalue weighted by atomic mass is 79.9. The van der Waals surface area contributed by atoms with Crippen LogP contribution in [0.3, 0.4) is 0 Å². The molecule has 3 N–H and O–H groups in total. The molecule has 1 aliphatic rings. The lowest BCUT2D eigenvalue weighted by atomic mass is 10.1. The van der Waals surface area contributed by atoms with Gasteiger partial charge in [-0.3, -0.25) is 9.69 Å². The van der Waals surface area contributed by atoms with Crippen LogP contribution in [-0.4, -0.2) is 44.9 Å². The highest BCUT2D eigenvalue weighted by Gasteiger charge is 2.26. The fourth-order valence-electron chi connectivity index (χ4n) is 2.17. The van der Waals surface area contributed by atoms with Gasteiger partial charge in [0.15, 0.2) is 0 Å². The molecule has 112 valence electrons.